The van der Waals surface area contributed by atoms with Crippen molar-refractivity contribution in [3.8, 4) is 0 Å². The molecular formula is C11H20ClN3. The SMILES string of the molecule is Cn1nccc1CCNCC(C)(C)CCl. The zero-order valence-corrected chi connectivity index (χ0v) is 10.5. The second kappa shape index (κ2) is 5.52. The maximum atomic E-state index is 5.84. The Morgan fingerprint density at radius 2 is 2.27 bits per heavy atom. The van der Waals surface area contributed by atoms with E-state index in [9.17, 15) is 0 Å². The van der Waals surface area contributed by atoms with Gasteiger partial charge < -0.3 is 5.32 Å². The van der Waals surface area contributed by atoms with Gasteiger partial charge in [-0.05, 0) is 11.5 Å². The van der Waals surface area contributed by atoms with Gasteiger partial charge in [-0.1, -0.05) is 13.8 Å². The summed E-state index contributed by atoms with van der Waals surface area (Å²) in [6.45, 7) is 6.25. The van der Waals surface area contributed by atoms with Gasteiger partial charge in [-0.15, -0.1) is 11.6 Å². The molecule has 0 aromatic carbocycles. The number of hydrogen-bond donors (Lipinski definition) is 1. The first kappa shape index (κ1) is 12.5. The monoisotopic (exact) mass is 229 g/mol. The number of nitrogens with zero attached hydrogens (tertiary/aromatic N) is 2. The molecule has 0 fully saturated rings. The number of hydrogen-bond acceptors (Lipinski definition) is 2. The van der Waals surface area contributed by atoms with E-state index in [0.29, 0.717) is 5.88 Å². The number of nitrogens with one attached hydrogen (secondary N) is 1. The zero-order valence-electron chi connectivity index (χ0n) is 9.76. The predicted octanol–water partition coefficient (Wildman–Crippen LogP) is 1.82. The van der Waals surface area contributed by atoms with Gasteiger partial charge in [-0.3, -0.25) is 4.68 Å². The third-order valence-electron chi connectivity index (χ3n) is 2.45. The van der Waals surface area contributed by atoms with Gasteiger partial charge in [-0.2, -0.15) is 5.10 Å². The van der Waals surface area contributed by atoms with E-state index >= 15 is 0 Å². The highest BCUT2D eigenvalue weighted by atomic mass is 35.5. The van der Waals surface area contributed by atoms with Crippen LogP contribution in [0.3, 0.4) is 0 Å². The van der Waals surface area contributed by atoms with Gasteiger partial charge in [-0.25, -0.2) is 0 Å². The molecule has 0 unspecified atom stereocenters. The molecule has 86 valence electrons. The average Bonchev–Trinajstić information content (AvgIpc) is 2.59. The van der Waals surface area contributed by atoms with Gasteiger partial charge in [0.15, 0.2) is 0 Å². The summed E-state index contributed by atoms with van der Waals surface area (Å²) in [5.74, 6) is 0.686. The Kier molecular flexibility index (Phi) is 4.61. The first-order valence-corrected chi connectivity index (χ1v) is 5.82. The van der Waals surface area contributed by atoms with Crippen LogP contribution in [-0.4, -0.2) is 28.8 Å². The molecule has 1 rings (SSSR count). The van der Waals surface area contributed by atoms with Crippen LogP contribution in [0.4, 0.5) is 0 Å². The molecule has 0 atom stereocenters. The molecule has 0 saturated heterocycles. The molecule has 1 aromatic rings. The lowest BCUT2D eigenvalue weighted by molar-refractivity contribution is 0.386. The van der Waals surface area contributed by atoms with E-state index < -0.39 is 0 Å². The third-order valence-corrected chi connectivity index (χ3v) is 3.17. The van der Waals surface area contributed by atoms with Crippen LogP contribution in [0, 0.1) is 5.41 Å². The maximum absolute atomic E-state index is 5.84. The summed E-state index contributed by atoms with van der Waals surface area (Å²) in [5, 5.41) is 7.54. The molecule has 4 heteroatoms. The molecular weight excluding hydrogens is 210 g/mol. The van der Waals surface area contributed by atoms with E-state index in [-0.39, 0.29) is 5.41 Å². The fourth-order valence-electron chi connectivity index (χ4n) is 1.34. The number of aryl methyl sites for hydroxylation is 1. The second-order valence-corrected chi connectivity index (χ2v) is 4.94. The first-order valence-electron chi connectivity index (χ1n) is 5.29. The first-order chi connectivity index (χ1) is 7.05. The highest BCUT2D eigenvalue weighted by Crippen LogP contribution is 2.14. The summed E-state index contributed by atoms with van der Waals surface area (Å²) in [4.78, 5) is 0. The van der Waals surface area contributed by atoms with E-state index in [2.05, 4.69) is 24.3 Å². The molecule has 0 spiro atoms. The summed E-state index contributed by atoms with van der Waals surface area (Å²) in [7, 11) is 1.97. The van der Waals surface area contributed by atoms with E-state index in [1.54, 1.807) is 0 Å². The quantitative estimate of drug-likeness (QED) is 0.596. The molecule has 0 amide bonds. The Morgan fingerprint density at radius 1 is 1.53 bits per heavy atom. The maximum Gasteiger partial charge on any atom is 0.0492 e. The van der Waals surface area contributed by atoms with Gasteiger partial charge in [0.05, 0.1) is 0 Å². The fourth-order valence-corrected chi connectivity index (χ4v) is 1.43. The van der Waals surface area contributed by atoms with Crippen molar-refractivity contribution in [1.29, 1.82) is 0 Å². The molecule has 1 aromatic heterocycles. The fraction of sp³-hybridized carbons (Fsp3) is 0.727. The second-order valence-electron chi connectivity index (χ2n) is 4.67. The van der Waals surface area contributed by atoms with Crippen molar-refractivity contribution in [2.75, 3.05) is 19.0 Å². The van der Waals surface area contributed by atoms with Crippen LogP contribution in [-0.2, 0) is 13.5 Å². The molecule has 1 heterocycles. The lowest BCUT2D eigenvalue weighted by Crippen LogP contribution is -2.32. The van der Waals surface area contributed by atoms with Gasteiger partial charge in [0.1, 0.15) is 0 Å². The van der Waals surface area contributed by atoms with Crippen LogP contribution in [0.15, 0.2) is 12.3 Å². The Bertz CT molecular complexity index is 294. The normalized spacial score (nSPS) is 12.0. The van der Waals surface area contributed by atoms with Crippen LogP contribution in [0.1, 0.15) is 19.5 Å². The minimum atomic E-state index is 0.175. The van der Waals surface area contributed by atoms with E-state index in [1.165, 1.54) is 5.69 Å². The zero-order chi connectivity index (χ0) is 11.3. The molecule has 3 nitrogen and oxygen atoms in total. The number of halogens is 1. The lowest BCUT2D eigenvalue weighted by atomic mass is 9.96. The smallest absolute Gasteiger partial charge is 0.0492 e. The minimum absolute atomic E-state index is 0.175. The topological polar surface area (TPSA) is 29.9 Å². The molecule has 0 radical (unpaired) electrons. The van der Waals surface area contributed by atoms with E-state index in [0.717, 1.165) is 19.5 Å². The highest BCUT2D eigenvalue weighted by Gasteiger charge is 2.15. The summed E-state index contributed by atoms with van der Waals surface area (Å²) in [6.07, 6.45) is 2.84. The Balaban J connectivity index is 2.20. The Morgan fingerprint density at radius 3 is 2.80 bits per heavy atom. The molecule has 0 aliphatic heterocycles. The van der Waals surface area contributed by atoms with Crippen LogP contribution in [0.2, 0.25) is 0 Å². The molecule has 0 aliphatic rings. The predicted molar refractivity (Wildman–Crippen MR) is 64.3 cm³/mol. The van der Waals surface area contributed by atoms with Crippen molar-refractivity contribution in [2.24, 2.45) is 12.5 Å². The summed E-state index contributed by atoms with van der Waals surface area (Å²) in [6, 6.07) is 2.05. The summed E-state index contributed by atoms with van der Waals surface area (Å²) in [5.41, 5.74) is 1.43. The molecule has 0 bridgehead atoms. The Labute approximate surface area is 96.8 Å². The van der Waals surface area contributed by atoms with Crippen molar-refractivity contribution in [3.05, 3.63) is 18.0 Å². The third kappa shape index (κ3) is 4.22. The van der Waals surface area contributed by atoms with E-state index in [1.807, 2.05) is 24.0 Å². The van der Waals surface area contributed by atoms with Gasteiger partial charge in [0, 0.05) is 44.3 Å². The van der Waals surface area contributed by atoms with Crippen LogP contribution >= 0.6 is 11.6 Å². The standard InChI is InChI=1S/C11H20ClN3/c1-11(2,8-12)9-13-6-4-10-5-7-14-15(10)3/h5,7,13H,4,6,8-9H2,1-3H3. The van der Waals surface area contributed by atoms with Gasteiger partial charge in [0.2, 0.25) is 0 Å². The Hall–Kier alpha value is -0.540. The van der Waals surface area contributed by atoms with Crippen molar-refractivity contribution < 1.29 is 0 Å². The van der Waals surface area contributed by atoms with Crippen molar-refractivity contribution >= 4 is 11.6 Å². The van der Waals surface area contributed by atoms with Crippen LogP contribution in [0.25, 0.3) is 0 Å². The molecule has 15 heavy (non-hydrogen) atoms. The highest BCUT2D eigenvalue weighted by molar-refractivity contribution is 6.18. The van der Waals surface area contributed by atoms with Crippen molar-refractivity contribution in [3.63, 3.8) is 0 Å². The van der Waals surface area contributed by atoms with Gasteiger partial charge in [0.25, 0.3) is 0 Å². The number of aromatic nitrogens is 2. The lowest BCUT2D eigenvalue weighted by Gasteiger charge is -2.21. The molecule has 0 saturated carbocycles. The average molecular weight is 230 g/mol. The van der Waals surface area contributed by atoms with Crippen molar-refractivity contribution in [1.82, 2.24) is 15.1 Å². The van der Waals surface area contributed by atoms with Crippen LogP contribution < -0.4 is 5.32 Å². The van der Waals surface area contributed by atoms with Gasteiger partial charge >= 0.3 is 0 Å². The summed E-state index contributed by atoms with van der Waals surface area (Å²) < 4.78 is 1.91. The number of alkyl halides is 1. The van der Waals surface area contributed by atoms with Crippen LogP contribution in [0.5, 0.6) is 0 Å². The molecule has 0 aliphatic carbocycles. The van der Waals surface area contributed by atoms with E-state index in [4.69, 9.17) is 11.6 Å². The summed E-state index contributed by atoms with van der Waals surface area (Å²) >= 11 is 5.84. The molecule has 1 N–H and O–H groups in total. The number of rotatable bonds is 6. The minimum Gasteiger partial charge on any atom is -0.316 e. The largest absolute Gasteiger partial charge is 0.316 e. The van der Waals surface area contributed by atoms with Crippen molar-refractivity contribution in [2.45, 2.75) is 20.3 Å².